The number of imide groups is 2. The summed E-state index contributed by atoms with van der Waals surface area (Å²) in [5, 5.41) is 0. The number of carbonyl (C=O) groups excluding carboxylic acids is 7. The number of anilines is 7. The number of halogens is 2. The van der Waals surface area contributed by atoms with Crippen LogP contribution < -0.4 is 36.8 Å². The lowest BCUT2D eigenvalue weighted by Crippen LogP contribution is -2.44. The molecule has 0 saturated carbocycles. The van der Waals surface area contributed by atoms with Gasteiger partial charge in [-0.25, -0.2) is 112 Å². The van der Waals surface area contributed by atoms with E-state index in [0.29, 0.717) is 89.8 Å². The van der Waals surface area contributed by atoms with Crippen LogP contribution >= 0.6 is 31.9 Å². The number of nitrogen functional groups attached to an aromatic ring is 3. The largest absolute Gasteiger partial charge is 0.464 e. The molecule has 0 fully saturated rings. The molecule has 15 aromatic rings. The predicted octanol–water partition coefficient (Wildman–Crippen LogP) is 21.7. The minimum atomic E-state index is -1.04. The van der Waals surface area contributed by atoms with Gasteiger partial charge in [-0.15, -0.1) is 0 Å². The van der Waals surface area contributed by atoms with Gasteiger partial charge < -0.3 is 70.1 Å². The molecule has 0 radical (unpaired) electrons. The molecule has 39 nitrogen and oxygen atoms in total. The normalized spacial score (nSPS) is 12.7. The summed E-state index contributed by atoms with van der Waals surface area (Å²) in [5.74, 6) is 1.09. The molecule has 144 heavy (non-hydrogen) atoms. The number of esters is 1. The molecule has 41 heteroatoms. The molecule has 11 heterocycles. The highest BCUT2D eigenvalue weighted by Crippen LogP contribution is 2.39. The van der Waals surface area contributed by atoms with Crippen LogP contribution in [0.4, 0.5) is 69.2 Å². The monoisotopic (exact) mass is 2080 g/mol. The Labute approximate surface area is 848 Å². The summed E-state index contributed by atoms with van der Waals surface area (Å²) in [6.45, 7) is 33.7. The molecule has 9 aromatic heterocycles. The molecule has 0 atom stereocenters. The maximum Gasteiger partial charge on any atom is 0.425 e. The first-order valence-electron chi connectivity index (χ1n) is 45.3. The van der Waals surface area contributed by atoms with Crippen LogP contribution in [-0.4, -0.2) is 198 Å². The molecular weight excluding hydrogens is 1970 g/mol. The Morgan fingerprint density at radius 1 is 0.368 bits per heavy atom. The van der Waals surface area contributed by atoms with Gasteiger partial charge in [-0.3, -0.25) is 0 Å². The standard InChI is InChI=1S/C37H44N6O6.C26H32BrN5O6.C22H20N6.C11H8BrN5.C6H7N3O2.CH4/c1-35(2,3)47-32(44)42-28-18-14-13-17-26(28)40-31(42)29-30(43(33(45)48-36(4,5)6)34(46)49-37(7,8)9)38-23-27(39-29)24-19-21-41(22-20-24)25-15-11-10-12-16-25;1-24(2,3)36-21(33)31-16-13-11-10-12-15(16)29-20(31)18-19(28-14-17(27)30-18)32(22(34)37-25(4,5)6)23(35)38-26(7,8)9;23-21-20(22-26-17-8-4-5-9-18(17)27-22)25-19(14-24-21)15-10-12-28(13-11-15)16-6-2-1-3-7-16;12-8-5-14-10(13)9(17-8)11-15-6-3-1-2-4-7(6)16-11;1-11-6(10)4-5(7)9-3-2-8-4;/h10-19,23H,20-22H2,1-9H3;10-14H,1-9H3;1-10,14H,11-13H2,(H2,23,24)(H,26,27);1-5H,(H2,13,14)(H,15,16);2-3H,1H3,(H2,7,9);1H4. The number of aromatic nitrogens is 18. The van der Waals surface area contributed by atoms with E-state index in [1.165, 1.54) is 52.3 Å². The Hall–Kier alpha value is -16.1. The van der Waals surface area contributed by atoms with Crippen LogP contribution in [0.1, 0.15) is 167 Å². The number of nitrogens with one attached hydrogen (secondary N) is 2. The summed E-state index contributed by atoms with van der Waals surface area (Å²) >= 11 is 6.56. The number of methoxy groups -OCH3 is 1. The highest BCUT2D eigenvalue weighted by atomic mass is 79.9. The smallest absolute Gasteiger partial charge is 0.425 e. The van der Waals surface area contributed by atoms with Crippen molar-refractivity contribution < 1.29 is 66.7 Å². The molecule has 0 unspecified atom stereocenters. The van der Waals surface area contributed by atoms with Crippen molar-refractivity contribution in [2.24, 2.45) is 0 Å². The van der Waals surface area contributed by atoms with E-state index in [0.717, 1.165) is 65.1 Å². The van der Waals surface area contributed by atoms with Crippen molar-refractivity contribution in [2.75, 3.05) is 70.1 Å². The Morgan fingerprint density at radius 3 is 1.08 bits per heavy atom. The van der Waals surface area contributed by atoms with Crippen molar-refractivity contribution >= 4 is 170 Å². The molecular formula is C103H115Br2N25O14. The number of fused-ring (bicyclic) bond motifs is 4. The summed E-state index contributed by atoms with van der Waals surface area (Å²) < 4.78 is 41.6. The molecule has 0 aliphatic carbocycles. The van der Waals surface area contributed by atoms with E-state index in [1.807, 2.05) is 72.8 Å². The number of nitrogens with zero attached hydrogens (tertiary/aromatic N) is 20. The summed E-state index contributed by atoms with van der Waals surface area (Å²) in [6, 6.07) is 50.2. The van der Waals surface area contributed by atoms with Gasteiger partial charge in [0.05, 0.1) is 87.4 Å². The lowest BCUT2D eigenvalue weighted by Gasteiger charge is -2.29. The summed E-state index contributed by atoms with van der Waals surface area (Å²) in [5.41, 5.74) is 24.2. The molecule has 0 bridgehead atoms. The van der Waals surface area contributed by atoms with Gasteiger partial charge in [0.1, 0.15) is 54.2 Å². The van der Waals surface area contributed by atoms with E-state index in [4.69, 9.17) is 60.6 Å². The average Bonchev–Trinajstić information content (AvgIpc) is 1.58. The zero-order valence-electron chi connectivity index (χ0n) is 82.5. The number of H-pyrrole nitrogens is 2. The first kappa shape index (κ1) is 107. The van der Waals surface area contributed by atoms with Crippen LogP contribution in [0.15, 0.2) is 216 Å². The summed E-state index contributed by atoms with van der Waals surface area (Å²) in [4.78, 5) is 166. The maximum absolute atomic E-state index is 13.8. The van der Waals surface area contributed by atoms with Crippen LogP contribution in [0.5, 0.6) is 0 Å². The number of amides is 4. The van der Waals surface area contributed by atoms with Gasteiger partial charge >= 0.3 is 42.5 Å². The van der Waals surface area contributed by atoms with E-state index in [2.05, 4.69) is 160 Å². The lowest BCUT2D eigenvalue weighted by molar-refractivity contribution is 0.0406. The number of hydrogen-bond donors (Lipinski definition) is 5. The van der Waals surface area contributed by atoms with Crippen LogP contribution in [0.2, 0.25) is 0 Å². The lowest BCUT2D eigenvalue weighted by atomic mass is 10.0. The molecule has 0 spiro atoms. The molecule has 750 valence electrons. The van der Waals surface area contributed by atoms with E-state index < -0.39 is 76.1 Å². The van der Waals surface area contributed by atoms with Gasteiger partial charge in [0.2, 0.25) is 0 Å². The van der Waals surface area contributed by atoms with Crippen molar-refractivity contribution in [3.8, 4) is 46.1 Å². The minimum Gasteiger partial charge on any atom is -0.464 e. The van der Waals surface area contributed by atoms with Gasteiger partial charge in [-0.05, 0) is 253 Å². The molecule has 4 amide bonds. The van der Waals surface area contributed by atoms with Crippen molar-refractivity contribution in [1.29, 1.82) is 0 Å². The zero-order valence-corrected chi connectivity index (χ0v) is 85.7. The highest BCUT2D eigenvalue weighted by Gasteiger charge is 2.41. The fourth-order valence-corrected chi connectivity index (χ4v) is 14.7. The van der Waals surface area contributed by atoms with Gasteiger partial charge in [0.25, 0.3) is 0 Å². The van der Waals surface area contributed by atoms with Crippen molar-refractivity contribution in [3.05, 3.63) is 233 Å². The number of imidazole rings is 4. The quantitative estimate of drug-likeness (QED) is 0.0593. The molecule has 17 rings (SSSR count). The molecule has 6 aromatic carbocycles. The topological polar surface area (TPSA) is 497 Å². The molecule has 8 N–H and O–H groups in total. The van der Waals surface area contributed by atoms with Crippen molar-refractivity contribution in [2.45, 2.75) is 179 Å². The van der Waals surface area contributed by atoms with Gasteiger partial charge in [-0.2, -0.15) is 9.80 Å². The maximum atomic E-state index is 13.8. The molecule has 0 saturated heterocycles. The number of hydrogen-bond acceptors (Lipinski definition) is 33. The first-order chi connectivity index (χ1) is 67.5. The Kier molecular flexibility index (Phi) is 33.2. The predicted molar refractivity (Wildman–Crippen MR) is 560 cm³/mol. The molecule has 2 aliphatic rings. The van der Waals surface area contributed by atoms with E-state index in [9.17, 15) is 33.6 Å². The highest BCUT2D eigenvalue weighted by molar-refractivity contribution is 9.10. The fourth-order valence-electron chi connectivity index (χ4n) is 14.2. The number of rotatable bonds is 11. The number of carbonyl (C=O) groups is 7. The number of nitrogens with two attached hydrogens (primary N) is 3. The second-order valence-corrected chi connectivity index (χ2v) is 39.9. The van der Waals surface area contributed by atoms with Crippen LogP contribution in [0.3, 0.4) is 0 Å². The number of para-hydroxylation sites is 10. The zero-order chi connectivity index (χ0) is 103. The van der Waals surface area contributed by atoms with Crippen molar-refractivity contribution in [1.82, 2.24) is 88.9 Å². The Bertz CT molecular complexity index is 7150. The number of ether oxygens (including phenoxy) is 7. The summed E-state index contributed by atoms with van der Waals surface area (Å²) in [6.07, 6.45) is 9.18. The number of aromatic amines is 2. The van der Waals surface area contributed by atoms with E-state index in [-0.39, 0.29) is 58.2 Å². The SMILES string of the molecule is C.CC(C)(C)OC(=O)N(C(=O)OC(C)(C)C)c1ncc(Br)nc1-c1nc2ccccc2n1C(=O)OC(C)(C)C.CC(C)(C)OC(=O)N(C(=O)OC(C)(C)C)c1ncc(C2=CCN(c3ccccc3)CC2)nc1-c1nc2ccccc2n1C(=O)OC(C)(C)C.COC(=O)c1nccnc1N.Nc1ncc(Br)nc1-c1nc2ccccc2[nH]1.Nc1ncc(C2=CCN(c3ccccc3)CC2)nc1-c1nc2ccccc2[nH]1. The Morgan fingerprint density at radius 2 is 0.701 bits per heavy atom. The summed E-state index contributed by atoms with van der Waals surface area (Å²) in [7, 11) is 1.26. The molecule has 2 aliphatic heterocycles. The number of benzene rings is 6. The second-order valence-electron chi connectivity index (χ2n) is 38.3. The third-order valence-electron chi connectivity index (χ3n) is 20.1. The van der Waals surface area contributed by atoms with Gasteiger partial charge in [0.15, 0.2) is 69.5 Å². The van der Waals surface area contributed by atoms with E-state index in [1.54, 1.807) is 186 Å². The second kappa shape index (κ2) is 44.8. The van der Waals surface area contributed by atoms with Crippen LogP contribution in [0, 0.1) is 0 Å². The van der Waals surface area contributed by atoms with Crippen LogP contribution in [-0.2, 0) is 33.2 Å². The van der Waals surface area contributed by atoms with Gasteiger partial charge in [0, 0.05) is 49.9 Å². The fraction of sp³-hybridized carbons (Fsp3) is 0.311. The third-order valence-corrected chi connectivity index (χ3v) is 20.9. The van der Waals surface area contributed by atoms with Gasteiger partial charge in [-0.1, -0.05) is 105 Å². The first-order valence-corrected chi connectivity index (χ1v) is 46.9. The Balaban J connectivity index is 0.000000172. The van der Waals surface area contributed by atoms with Crippen LogP contribution in [0.25, 0.3) is 101 Å². The van der Waals surface area contributed by atoms with Crippen molar-refractivity contribution in [3.63, 3.8) is 0 Å². The van der Waals surface area contributed by atoms with E-state index >= 15 is 0 Å². The third kappa shape index (κ3) is 27.6. The average molecular weight is 2090 g/mol. The minimum absolute atomic E-state index is 0.